The van der Waals surface area contributed by atoms with Crippen molar-refractivity contribution in [3.63, 3.8) is 0 Å². The summed E-state index contributed by atoms with van der Waals surface area (Å²) in [4.78, 5) is 23.8. The van der Waals surface area contributed by atoms with Crippen LogP contribution >= 0.6 is 0 Å². The molecule has 5 heteroatoms. The van der Waals surface area contributed by atoms with Crippen molar-refractivity contribution in [3.8, 4) is 0 Å². The van der Waals surface area contributed by atoms with Gasteiger partial charge in [-0.1, -0.05) is 6.07 Å². The van der Waals surface area contributed by atoms with Crippen LogP contribution in [0.15, 0.2) is 18.2 Å². The van der Waals surface area contributed by atoms with Crippen molar-refractivity contribution < 1.29 is 9.59 Å². The standard InChI is InChI=1S/C17H23N3O2/c1-11-3-4-14(19-12(2)21)15(9-11)20-16(22)13-10-17(13)5-7-18-8-6-17/h3-4,9,13,18H,5-8,10H2,1-2H3,(H,19,21)(H,20,22). The molecular formula is C17H23N3O2. The maximum Gasteiger partial charge on any atom is 0.228 e. The predicted octanol–water partition coefficient (Wildman–Crippen LogP) is 2.28. The van der Waals surface area contributed by atoms with Crippen LogP contribution in [0.2, 0.25) is 0 Å². The Morgan fingerprint density at radius 3 is 2.59 bits per heavy atom. The number of aryl methyl sites for hydroxylation is 1. The molecule has 118 valence electrons. The molecule has 22 heavy (non-hydrogen) atoms. The Bertz CT molecular complexity index is 606. The number of carbonyl (C=O) groups is 2. The van der Waals surface area contributed by atoms with Gasteiger partial charge >= 0.3 is 0 Å². The van der Waals surface area contributed by atoms with Crippen LogP contribution in [-0.2, 0) is 9.59 Å². The van der Waals surface area contributed by atoms with Gasteiger partial charge in [0.15, 0.2) is 0 Å². The smallest absolute Gasteiger partial charge is 0.228 e. The molecule has 5 nitrogen and oxygen atoms in total. The van der Waals surface area contributed by atoms with E-state index in [1.807, 2.05) is 25.1 Å². The van der Waals surface area contributed by atoms with Gasteiger partial charge in [0.2, 0.25) is 11.8 Å². The molecule has 2 aliphatic rings. The summed E-state index contributed by atoms with van der Waals surface area (Å²) in [6.45, 7) is 5.45. The number of benzene rings is 1. The summed E-state index contributed by atoms with van der Waals surface area (Å²) >= 11 is 0. The molecule has 1 atom stereocenters. The van der Waals surface area contributed by atoms with E-state index in [9.17, 15) is 9.59 Å². The van der Waals surface area contributed by atoms with Gasteiger partial charge in [-0.3, -0.25) is 9.59 Å². The predicted molar refractivity (Wildman–Crippen MR) is 86.8 cm³/mol. The van der Waals surface area contributed by atoms with Crippen molar-refractivity contribution in [1.82, 2.24) is 5.32 Å². The number of hydrogen-bond acceptors (Lipinski definition) is 3. The molecule has 1 saturated carbocycles. The summed E-state index contributed by atoms with van der Waals surface area (Å²) in [5.41, 5.74) is 2.62. The maximum atomic E-state index is 12.6. The lowest BCUT2D eigenvalue weighted by atomic mass is 9.92. The Kier molecular flexibility index (Phi) is 3.91. The zero-order valence-corrected chi connectivity index (χ0v) is 13.2. The first kappa shape index (κ1) is 15.0. The van der Waals surface area contributed by atoms with E-state index in [4.69, 9.17) is 0 Å². The summed E-state index contributed by atoms with van der Waals surface area (Å²) in [5, 5.41) is 9.14. The Morgan fingerprint density at radius 1 is 1.18 bits per heavy atom. The molecule has 0 radical (unpaired) electrons. The van der Waals surface area contributed by atoms with Crippen molar-refractivity contribution in [2.45, 2.75) is 33.1 Å². The Morgan fingerprint density at radius 2 is 1.91 bits per heavy atom. The quantitative estimate of drug-likeness (QED) is 0.802. The molecule has 2 amide bonds. The van der Waals surface area contributed by atoms with Gasteiger partial charge in [-0.2, -0.15) is 0 Å². The lowest BCUT2D eigenvalue weighted by molar-refractivity contribution is -0.118. The van der Waals surface area contributed by atoms with Crippen molar-refractivity contribution in [2.75, 3.05) is 23.7 Å². The number of rotatable bonds is 3. The van der Waals surface area contributed by atoms with Crippen LogP contribution in [0.3, 0.4) is 0 Å². The molecule has 1 unspecified atom stereocenters. The highest BCUT2D eigenvalue weighted by molar-refractivity contribution is 6.01. The van der Waals surface area contributed by atoms with E-state index in [1.54, 1.807) is 0 Å². The van der Waals surface area contributed by atoms with Gasteiger partial charge in [-0.15, -0.1) is 0 Å². The highest BCUT2D eigenvalue weighted by Crippen LogP contribution is 2.58. The zero-order chi connectivity index (χ0) is 15.7. The van der Waals surface area contributed by atoms with Crippen molar-refractivity contribution >= 4 is 23.2 Å². The van der Waals surface area contributed by atoms with Gasteiger partial charge in [0.25, 0.3) is 0 Å². The second kappa shape index (κ2) is 5.72. The molecule has 1 aliphatic carbocycles. The fraction of sp³-hybridized carbons (Fsp3) is 0.529. The van der Waals surface area contributed by atoms with Gasteiger partial charge in [0, 0.05) is 12.8 Å². The van der Waals surface area contributed by atoms with E-state index >= 15 is 0 Å². The summed E-state index contributed by atoms with van der Waals surface area (Å²) < 4.78 is 0. The Balaban J connectivity index is 1.71. The first-order valence-corrected chi connectivity index (χ1v) is 7.90. The first-order valence-electron chi connectivity index (χ1n) is 7.90. The number of nitrogens with one attached hydrogen (secondary N) is 3. The highest BCUT2D eigenvalue weighted by Gasteiger charge is 2.57. The van der Waals surface area contributed by atoms with E-state index in [0.717, 1.165) is 37.9 Å². The second-order valence-corrected chi connectivity index (χ2v) is 6.59. The van der Waals surface area contributed by atoms with Crippen LogP contribution in [0.4, 0.5) is 11.4 Å². The van der Waals surface area contributed by atoms with Crippen LogP contribution in [0.1, 0.15) is 31.7 Å². The van der Waals surface area contributed by atoms with Crippen LogP contribution in [-0.4, -0.2) is 24.9 Å². The molecule has 1 aromatic carbocycles. The van der Waals surface area contributed by atoms with Crippen LogP contribution in [0, 0.1) is 18.3 Å². The van der Waals surface area contributed by atoms with E-state index < -0.39 is 0 Å². The summed E-state index contributed by atoms with van der Waals surface area (Å²) in [5.74, 6) is 0.0555. The number of anilines is 2. The third kappa shape index (κ3) is 2.99. The number of piperidine rings is 1. The van der Waals surface area contributed by atoms with Crippen LogP contribution in [0.25, 0.3) is 0 Å². The monoisotopic (exact) mass is 301 g/mol. The molecule has 2 fully saturated rings. The molecule has 1 heterocycles. The van der Waals surface area contributed by atoms with Gasteiger partial charge < -0.3 is 16.0 Å². The van der Waals surface area contributed by atoms with Gasteiger partial charge in [0.1, 0.15) is 0 Å². The van der Waals surface area contributed by atoms with Crippen LogP contribution < -0.4 is 16.0 Å². The molecule has 3 N–H and O–H groups in total. The van der Waals surface area contributed by atoms with E-state index in [-0.39, 0.29) is 23.1 Å². The average molecular weight is 301 g/mol. The number of hydrogen-bond donors (Lipinski definition) is 3. The normalized spacial score (nSPS) is 22.2. The maximum absolute atomic E-state index is 12.6. The van der Waals surface area contributed by atoms with Crippen LogP contribution in [0.5, 0.6) is 0 Å². The van der Waals surface area contributed by atoms with Crippen molar-refractivity contribution in [3.05, 3.63) is 23.8 Å². The fourth-order valence-electron chi connectivity index (χ4n) is 3.48. The number of amides is 2. The molecular weight excluding hydrogens is 278 g/mol. The summed E-state index contributed by atoms with van der Waals surface area (Å²) in [7, 11) is 0. The zero-order valence-electron chi connectivity index (χ0n) is 13.2. The molecule has 1 aliphatic heterocycles. The summed E-state index contributed by atoms with van der Waals surface area (Å²) in [6, 6.07) is 5.66. The minimum Gasteiger partial charge on any atom is -0.325 e. The van der Waals surface area contributed by atoms with E-state index in [0.29, 0.717) is 11.4 Å². The highest BCUT2D eigenvalue weighted by atomic mass is 16.2. The topological polar surface area (TPSA) is 70.2 Å². The lowest BCUT2D eigenvalue weighted by Crippen LogP contribution is -2.31. The van der Waals surface area contributed by atoms with Crippen molar-refractivity contribution in [2.24, 2.45) is 11.3 Å². The first-order chi connectivity index (χ1) is 10.5. The third-order valence-electron chi connectivity index (χ3n) is 4.85. The molecule has 1 aromatic rings. The molecule has 1 saturated heterocycles. The van der Waals surface area contributed by atoms with Crippen molar-refractivity contribution in [1.29, 1.82) is 0 Å². The Labute approximate surface area is 130 Å². The third-order valence-corrected chi connectivity index (χ3v) is 4.85. The minimum absolute atomic E-state index is 0.0825. The fourth-order valence-corrected chi connectivity index (χ4v) is 3.48. The molecule has 3 rings (SSSR count). The Hall–Kier alpha value is -1.88. The van der Waals surface area contributed by atoms with Gasteiger partial charge in [-0.25, -0.2) is 0 Å². The van der Waals surface area contributed by atoms with Gasteiger partial charge in [-0.05, 0) is 62.4 Å². The minimum atomic E-state index is -0.138. The average Bonchev–Trinajstić information content (AvgIpc) is 3.16. The second-order valence-electron chi connectivity index (χ2n) is 6.59. The van der Waals surface area contributed by atoms with E-state index in [1.165, 1.54) is 6.92 Å². The largest absolute Gasteiger partial charge is 0.325 e. The molecule has 1 spiro atoms. The SMILES string of the molecule is CC(=O)Nc1ccc(C)cc1NC(=O)C1CC12CCNCC2. The molecule has 0 aromatic heterocycles. The summed E-state index contributed by atoms with van der Waals surface area (Å²) in [6.07, 6.45) is 3.15. The molecule has 0 bridgehead atoms. The number of carbonyl (C=O) groups excluding carboxylic acids is 2. The lowest BCUT2D eigenvalue weighted by Gasteiger charge is -2.23. The van der Waals surface area contributed by atoms with Gasteiger partial charge in [0.05, 0.1) is 11.4 Å². The van der Waals surface area contributed by atoms with E-state index in [2.05, 4.69) is 16.0 Å².